The topological polar surface area (TPSA) is 128 Å². The van der Waals surface area contributed by atoms with Crippen LogP contribution in [0.3, 0.4) is 0 Å². The van der Waals surface area contributed by atoms with Crippen molar-refractivity contribution in [2.24, 2.45) is 22.7 Å². The molecule has 1 aliphatic carbocycles. The van der Waals surface area contributed by atoms with Crippen LogP contribution in [0.15, 0.2) is 34.9 Å². The summed E-state index contributed by atoms with van der Waals surface area (Å²) >= 11 is 7.56. The summed E-state index contributed by atoms with van der Waals surface area (Å²) in [6.45, 7) is 3.60. The van der Waals surface area contributed by atoms with Gasteiger partial charge in [-0.05, 0) is 42.9 Å². The summed E-state index contributed by atoms with van der Waals surface area (Å²) in [4.78, 5) is 37.2. The molecule has 184 valence electrons. The Morgan fingerprint density at radius 1 is 1.29 bits per heavy atom. The summed E-state index contributed by atoms with van der Waals surface area (Å²) < 4.78 is 6.80. The van der Waals surface area contributed by atoms with Gasteiger partial charge in [0.05, 0.1) is 10.7 Å². The number of thiazole rings is 1. The van der Waals surface area contributed by atoms with Gasteiger partial charge in [-0.15, -0.1) is 16.4 Å². The number of anilines is 1. The first-order valence-corrected chi connectivity index (χ1v) is 12.5. The zero-order chi connectivity index (χ0) is 24.7. The third kappa shape index (κ3) is 7.15. The molecule has 4 N–H and O–H groups in total. The number of aromatic nitrogens is 1. The molecule has 11 heteroatoms. The summed E-state index contributed by atoms with van der Waals surface area (Å²) in [6, 6.07) is 3.95. The van der Waals surface area contributed by atoms with Crippen LogP contribution in [0.2, 0.25) is 5.02 Å². The van der Waals surface area contributed by atoms with Crippen LogP contribution in [0.5, 0.6) is 0 Å². The van der Waals surface area contributed by atoms with Gasteiger partial charge in [-0.25, -0.2) is 5.43 Å². The van der Waals surface area contributed by atoms with E-state index < -0.39 is 17.9 Å². The fraction of sp³-hybridized carbons (Fsp3) is 0.478. The van der Waals surface area contributed by atoms with Crippen molar-refractivity contribution in [3.05, 3.63) is 45.2 Å². The quantitative estimate of drug-likeness (QED) is 0.354. The van der Waals surface area contributed by atoms with Crippen molar-refractivity contribution < 1.29 is 19.1 Å². The van der Waals surface area contributed by atoms with Gasteiger partial charge in [0.25, 0.3) is 5.91 Å². The molecule has 0 saturated heterocycles. The molecule has 1 atom stereocenters. The lowest BCUT2D eigenvalue weighted by atomic mass is 10.0. The largest absolute Gasteiger partial charge is 0.443 e. The molecule has 1 aliphatic rings. The summed E-state index contributed by atoms with van der Waals surface area (Å²) in [7, 11) is 0. The fourth-order valence-corrected chi connectivity index (χ4v) is 4.49. The van der Waals surface area contributed by atoms with Crippen LogP contribution >= 0.6 is 22.9 Å². The van der Waals surface area contributed by atoms with Crippen LogP contribution in [0.1, 0.15) is 56.3 Å². The molecule has 0 aliphatic heterocycles. The number of carbonyl (C=O) groups is 3. The van der Waals surface area contributed by atoms with E-state index in [2.05, 4.69) is 15.8 Å². The minimum absolute atomic E-state index is 0.0396. The van der Waals surface area contributed by atoms with E-state index in [1.54, 1.807) is 28.3 Å². The van der Waals surface area contributed by atoms with Gasteiger partial charge >= 0.3 is 5.97 Å². The standard InChI is InChI=1S/C23H30ClN5O4S/c1-14(2)20(25)22(32)33-13-29-9-10-34-23(29)28-27-21(31)16-7-8-18(17(24)12-16)26-19(30)11-15-5-3-4-6-15/h7-10,12,14-15,20H,3-6,11,13,25H2,1-2H3,(H,26,30)(H,27,31)/b28-23-/t20-/m0/s1. The number of benzene rings is 1. The molecule has 0 unspecified atom stereocenters. The second-order valence-corrected chi connectivity index (χ2v) is 9.95. The molecule has 1 aromatic carbocycles. The Kier molecular flexibility index (Phi) is 9.26. The Labute approximate surface area is 207 Å². The molecule has 0 bridgehead atoms. The van der Waals surface area contributed by atoms with E-state index in [1.165, 1.54) is 30.2 Å². The summed E-state index contributed by atoms with van der Waals surface area (Å²) in [6.07, 6.45) is 6.69. The number of nitrogens with two attached hydrogens (primary N) is 1. The average molecular weight is 508 g/mol. The van der Waals surface area contributed by atoms with Crippen LogP contribution in [0.4, 0.5) is 5.69 Å². The molecule has 9 nitrogen and oxygen atoms in total. The second-order valence-electron chi connectivity index (χ2n) is 8.67. The van der Waals surface area contributed by atoms with E-state index in [4.69, 9.17) is 22.1 Å². The molecule has 2 aromatic rings. The summed E-state index contributed by atoms with van der Waals surface area (Å²) in [5.41, 5.74) is 9.02. The number of hydrogen-bond acceptors (Lipinski definition) is 7. The number of rotatable bonds is 9. The van der Waals surface area contributed by atoms with Crippen molar-refractivity contribution in [2.45, 2.75) is 58.7 Å². The molecular weight excluding hydrogens is 478 g/mol. The van der Waals surface area contributed by atoms with E-state index in [0.717, 1.165) is 12.8 Å². The van der Waals surface area contributed by atoms with Crippen molar-refractivity contribution in [3.63, 3.8) is 0 Å². The van der Waals surface area contributed by atoms with E-state index >= 15 is 0 Å². The van der Waals surface area contributed by atoms with Gasteiger partial charge in [0, 0.05) is 23.6 Å². The molecule has 1 aromatic heterocycles. The molecule has 0 radical (unpaired) electrons. The number of nitrogens with zero attached hydrogens (tertiary/aromatic N) is 2. The second kappa shape index (κ2) is 12.1. The highest BCUT2D eigenvalue weighted by molar-refractivity contribution is 7.07. The van der Waals surface area contributed by atoms with Crippen LogP contribution in [0, 0.1) is 11.8 Å². The maximum absolute atomic E-state index is 12.5. The van der Waals surface area contributed by atoms with Gasteiger partial charge in [0.15, 0.2) is 6.73 Å². The molecule has 1 fully saturated rings. The Morgan fingerprint density at radius 3 is 2.71 bits per heavy atom. The zero-order valence-corrected chi connectivity index (χ0v) is 20.8. The predicted molar refractivity (Wildman–Crippen MR) is 131 cm³/mol. The van der Waals surface area contributed by atoms with Gasteiger partial charge in [0.2, 0.25) is 10.7 Å². The number of halogens is 1. The van der Waals surface area contributed by atoms with Crippen molar-refractivity contribution in [1.82, 2.24) is 9.99 Å². The maximum atomic E-state index is 12.5. The predicted octanol–water partition coefficient (Wildman–Crippen LogP) is 3.45. The molecule has 2 amide bonds. The Balaban J connectivity index is 1.57. The van der Waals surface area contributed by atoms with Crippen LogP contribution in [0.25, 0.3) is 0 Å². The summed E-state index contributed by atoms with van der Waals surface area (Å²) in [5.74, 6) is -0.653. The van der Waals surface area contributed by atoms with Crippen molar-refractivity contribution >= 4 is 46.4 Å². The fourth-order valence-electron chi connectivity index (χ4n) is 3.59. The minimum Gasteiger partial charge on any atom is -0.443 e. The van der Waals surface area contributed by atoms with Crippen LogP contribution in [-0.4, -0.2) is 28.4 Å². The minimum atomic E-state index is -0.709. The lowest BCUT2D eigenvalue weighted by molar-refractivity contribution is -0.150. The SMILES string of the molecule is CC(C)[C@H](N)C(=O)OCn1ccs/c1=N\NC(=O)c1ccc(NC(=O)CC2CCCC2)c(Cl)c1. The first kappa shape index (κ1) is 25.9. The first-order valence-electron chi connectivity index (χ1n) is 11.2. The van der Waals surface area contributed by atoms with E-state index in [0.29, 0.717) is 28.4 Å². The van der Waals surface area contributed by atoms with Crippen molar-refractivity contribution in [3.8, 4) is 0 Å². The highest BCUT2D eigenvalue weighted by Crippen LogP contribution is 2.29. The lowest BCUT2D eigenvalue weighted by Gasteiger charge is -2.14. The highest BCUT2D eigenvalue weighted by atomic mass is 35.5. The van der Waals surface area contributed by atoms with Gasteiger partial charge in [-0.3, -0.25) is 19.0 Å². The number of esters is 1. The van der Waals surface area contributed by atoms with E-state index in [-0.39, 0.29) is 23.6 Å². The molecule has 1 saturated carbocycles. The van der Waals surface area contributed by atoms with Crippen molar-refractivity contribution in [1.29, 1.82) is 0 Å². The molecular formula is C23H30ClN5O4S. The zero-order valence-electron chi connectivity index (χ0n) is 19.3. The number of carbonyl (C=O) groups excluding carboxylic acids is 3. The van der Waals surface area contributed by atoms with E-state index in [1.807, 2.05) is 13.8 Å². The van der Waals surface area contributed by atoms with Crippen LogP contribution in [-0.2, 0) is 21.1 Å². The van der Waals surface area contributed by atoms with Crippen molar-refractivity contribution in [2.75, 3.05) is 5.32 Å². The first-order chi connectivity index (χ1) is 16.2. The molecule has 0 spiro atoms. The summed E-state index contributed by atoms with van der Waals surface area (Å²) in [5, 5.41) is 8.95. The maximum Gasteiger partial charge on any atom is 0.324 e. The third-order valence-corrected chi connectivity index (χ3v) is 6.81. The Morgan fingerprint density at radius 2 is 2.03 bits per heavy atom. The van der Waals surface area contributed by atoms with Gasteiger partial charge in [-0.1, -0.05) is 38.3 Å². The monoisotopic (exact) mass is 507 g/mol. The normalized spacial score (nSPS) is 15.4. The average Bonchev–Trinajstić information content (AvgIpc) is 3.48. The van der Waals surface area contributed by atoms with Gasteiger partial charge < -0.3 is 15.8 Å². The number of nitrogens with one attached hydrogen (secondary N) is 2. The number of ether oxygens (including phenoxy) is 1. The van der Waals surface area contributed by atoms with E-state index in [9.17, 15) is 14.4 Å². The molecule has 3 rings (SSSR count). The third-order valence-electron chi connectivity index (χ3n) is 5.70. The van der Waals surface area contributed by atoms with Gasteiger partial charge in [-0.2, -0.15) is 0 Å². The highest BCUT2D eigenvalue weighted by Gasteiger charge is 2.20. The number of amides is 2. The smallest absolute Gasteiger partial charge is 0.324 e. The van der Waals surface area contributed by atoms with Crippen LogP contribution < -0.4 is 21.3 Å². The Bertz CT molecular complexity index is 1090. The molecule has 1 heterocycles. The number of hydrogen-bond donors (Lipinski definition) is 3. The Hall–Kier alpha value is -2.69. The van der Waals surface area contributed by atoms with Gasteiger partial charge in [0.1, 0.15) is 6.04 Å². The lowest BCUT2D eigenvalue weighted by Crippen LogP contribution is -2.37. The molecule has 34 heavy (non-hydrogen) atoms.